The predicted molar refractivity (Wildman–Crippen MR) is 47.5 cm³/mol. The molecule has 2 unspecified atom stereocenters. The van der Waals surface area contributed by atoms with Gasteiger partial charge in [-0.2, -0.15) is 0 Å². The van der Waals surface area contributed by atoms with Crippen LogP contribution in [0, 0.1) is 18.8 Å². The number of hydrogen-bond donors (Lipinski definition) is 0. The molecule has 2 atom stereocenters. The van der Waals surface area contributed by atoms with Crippen molar-refractivity contribution in [3.05, 3.63) is 6.92 Å². The Bertz CT molecular complexity index is 225. The lowest BCUT2D eigenvalue weighted by Crippen LogP contribution is -2.30. The summed E-state index contributed by atoms with van der Waals surface area (Å²) < 4.78 is 0. The largest absolute Gasteiger partial charge is 0.282 e. The molecular weight excluding hydrogens is 166 g/mol. The van der Waals surface area contributed by atoms with E-state index >= 15 is 0 Å². The van der Waals surface area contributed by atoms with Gasteiger partial charge in [0, 0.05) is 6.54 Å². The second-order valence-corrected chi connectivity index (χ2v) is 3.83. The first-order valence-electron chi connectivity index (χ1n) is 4.90. The number of fused-ring (bicyclic) bond motifs is 1. The van der Waals surface area contributed by atoms with E-state index in [1.165, 1.54) is 4.90 Å². The van der Waals surface area contributed by atoms with Gasteiger partial charge in [-0.1, -0.05) is 12.8 Å². The van der Waals surface area contributed by atoms with Crippen LogP contribution in [0.25, 0.3) is 0 Å². The molecule has 1 saturated heterocycles. The van der Waals surface area contributed by atoms with E-state index in [4.69, 9.17) is 0 Å². The van der Waals surface area contributed by atoms with Crippen molar-refractivity contribution < 1.29 is 9.59 Å². The van der Waals surface area contributed by atoms with Gasteiger partial charge in [-0.05, 0) is 19.8 Å². The zero-order valence-corrected chi connectivity index (χ0v) is 7.66. The van der Waals surface area contributed by atoms with Crippen molar-refractivity contribution in [1.82, 2.24) is 4.90 Å². The molecule has 2 fully saturated rings. The lowest BCUT2D eigenvalue weighted by atomic mass is 9.81. The maximum Gasteiger partial charge on any atom is 0.233 e. The van der Waals surface area contributed by atoms with E-state index in [9.17, 15) is 9.59 Å². The zero-order valence-electron chi connectivity index (χ0n) is 7.66. The molecule has 2 amide bonds. The van der Waals surface area contributed by atoms with Crippen LogP contribution in [-0.2, 0) is 9.59 Å². The molecule has 2 aliphatic rings. The van der Waals surface area contributed by atoms with E-state index in [2.05, 4.69) is 6.92 Å². The Morgan fingerprint density at radius 3 is 2.00 bits per heavy atom. The maximum atomic E-state index is 11.6. The average Bonchev–Trinajstić information content (AvgIpc) is 2.41. The number of amides is 2. The van der Waals surface area contributed by atoms with Gasteiger partial charge in [-0.15, -0.1) is 0 Å². The first-order valence-corrected chi connectivity index (χ1v) is 4.90. The third-order valence-corrected chi connectivity index (χ3v) is 3.16. The summed E-state index contributed by atoms with van der Waals surface area (Å²) in [5, 5.41) is 0. The Morgan fingerprint density at radius 1 is 1.15 bits per heavy atom. The minimum Gasteiger partial charge on any atom is -0.282 e. The van der Waals surface area contributed by atoms with Gasteiger partial charge in [0.15, 0.2) is 0 Å². The zero-order chi connectivity index (χ0) is 9.42. The van der Waals surface area contributed by atoms with Crippen molar-refractivity contribution in [2.24, 2.45) is 11.8 Å². The fourth-order valence-electron chi connectivity index (χ4n) is 2.45. The number of carbonyl (C=O) groups excluding carboxylic acids is 2. The van der Waals surface area contributed by atoms with E-state index in [1.807, 2.05) is 0 Å². The molecule has 3 nitrogen and oxygen atoms in total. The molecule has 0 spiro atoms. The van der Waals surface area contributed by atoms with Gasteiger partial charge < -0.3 is 0 Å². The molecule has 3 heteroatoms. The molecule has 2 rings (SSSR count). The molecule has 13 heavy (non-hydrogen) atoms. The first kappa shape index (κ1) is 8.73. The first-order chi connectivity index (χ1) is 6.25. The molecule has 1 heterocycles. The van der Waals surface area contributed by atoms with Gasteiger partial charge in [0.25, 0.3) is 0 Å². The maximum absolute atomic E-state index is 11.6. The highest BCUT2D eigenvalue weighted by Gasteiger charge is 2.47. The summed E-state index contributed by atoms with van der Waals surface area (Å²) in [6.45, 7) is 3.91. The summed E-state index contributed by atoms with van der Waals surface area (Å²) in [5.41, 5.74) is 0. The molecular formula is C10H14NO2. The van der Waals surface area contributed by atoms with Crippen molar-refractivity contribution in [1.29, 1.82) is 0 Å². The number of carbonyl (C=O) groups is 2. The van der Waals surface area contributed by atoms with Crippen LogP contribution < -0.4 is 0 Å². The van der Waals surface area contributed by atoms with Gasteiger partial charge in [0.2, 0.25) is 11.8 Å². The number of nitrogens with zero attached hydrogens (tertiary/aromatic N) is 1. The molecule has 0 aromatic carbocycles. The Balaban J connectivity index is 2.22. The summed E-state index contributed by atoms with van der Waals surface area (Å²) >= 11 is 0. The summed E-state index contributed by atoms with van der Waals surface area (Å²) in [6, 6.07) is 0. The standard InChI is InChI=1S/C10H14NO2/c1-2-11-9(12)7-5-3-4-6-8(7)10(11)13/h7-8H,1-6H2. The Hall–Kier alpha value is -0.860. The fraction of sp³-hybridized carbons (Fsp3) is 0.700. The lowest BCUT2D eigenvalue weighted by Gasteiger charge is -2.19. The SMILES string of the molecule is [CH2]CN1C(=O)C2CCCCC2C1=O. The van der Waals surface area contributed by atoms with Crippen LogP contribution in [0.5, 0.6) is 0 Å². The van der Waals surface area contributed by atoms with Crippen molar-refractivity contribution in [3.8, 4) is 0 Å². The summed E-state index contributed by atoms with van der Waals surface area (Å²) in [5.74, 6) is 0.0143. The van der Waals surface area contributed by atoms with Crippen molar-refractivity contribution in [2.75, 3.05) is 6.54 Å². The van der Waals surface area contributed by atoms with Crippen molar-refractivity contribution in [2.45, 2.75) is 25.7 Å². The highest BCUT2D eigenvalue weighted by atomic mass is 16.2. The molecule has 1 aliphatic carbocycles. The topological polar surface area (TPSA) is 37.4 Å². The Kier molecular flexibility index (Phi) is 2.10. The minimum atomic E-state index is -0.0111. The lowest BCUT2D eigenvalue weighted by molar-refractivity contribution is -0.139. The average molecular weight is 180 g/mol. The third kappa shape index (κ3) is 1.18. The van der Waals surface area contributed by atoms with Crippen LogP contribution in [-0.4, -0.2) is 23.3 Å². The second kappa shape index (κ2) is 3.13. The fourth-order valence-corrected chi connectivity index (χ4v) is 2.45. The molecule has 71 valence electrons. The van der Waals surface area contributed by atoms with Gasteiger partial charge in [0.1, 0.15) is 0 Å². The van der Waals surface area contributed by atoms with E-state index in [0.29, 0.717) is 6.54 Å². The highest BCUT2D eigenvalue weighted by molar-refractivity contribution is 6.05. The summed E-state index contributed by atoms with van der Waals surface area (Å²) in [7, 11) is 0. The van der Waals surface area contributed by atoms with E-state index in [1.54, 1.807) is 0 Å². The number of imide groups is 1. The molecule has 0 aromatic heterocycles. The Labute approximate surface area is 78.1 Å². The Morgan fingerprint density at radius 2 is 1.62 bits per heavy atom. The third-order valence-electron chi connectivity index (χ3n) is 3.16. The smallest absolute Gasteiger partial charge is 0.233 e. The highest BCUT2D eigenvalue weighted by Crippen LogP contribution is 2.37. The van der Waals surface area contributed by atoms with Gasteiger partial charge in [-0.25, -0.2) is 0 Å². The molecule has 0 N–H and O–H groups in total. The van der Waals surface area contributed by atoms with E-state index < -0.39 is 0 Å². The van der Waals surface area contributed by atoms with Gasteiger partial charge in [-0.3, -0.25) is 14.5 Å². The van der Waals surface area contributed by atoms with E-state index in [0.717, 1.165) is 25.7 Å². The molecule has 1 aliphatic heterocycles. The van der Waals surface area contributed by atoms with Crippen LogP contribution in [0.2, 0.25) is 0 Å². The predicted octanol–water partition coefficient (Wildman–Crippen LogP) is 0.996. The van der Waals surface area contributed by atoms with Crippen LogP contribution in [0.15, 0.2) is 0 Å². The number of rotatable bonds is 1. The molecule has 0 bridgehead atoms. The van der Waals surface area contributed by atoms with Gasteiger partial charge >= 0.3 is 0 Å². The van der Waals surface area contributed by atoms with Crippen molar-refractivity contribution in [3.63, 3.8) is 0 Å². The van der Waals surface area contributed by atoms with E-state index in [-0.39, 0.29) is 23.7 Å². The molecule has 1 saturated carbocycles. The van der Waals surface area contributed by atoms with Gasteiger partial charge in [0.05, 0.1) is 11.8 Å². The van der Waals surface area contributed by atoms with Crippen LogP contribution in [0.3, 0.4) is 0 Å². The van der Waals surface area contributed by atoms with Crippen LogP contribution in [0.1, 0.15) is 25.7 Å². The van der Waals surface area contributed by atoms with Crippen molar-refractivity contribution >= 4 is 11.8 Å². The monoisotopic (exact) mass is 180 g/mol. The quantitative estimate of drug-likeness (QED) is 0.564. The summed E-state index contributed by atoms with van der Waals surface area (Å²) in [4.78, 5) is 24.6. The normalized spacial score (nSPS) is 33.8. The van der Waals surface area contributed by atoms with Crippen LogP contribution in [0.4, 0.5) is 0 Å². The number of likely N-dealkylation sites (tertiary alicyclic amines) is 1. The summed E-state index contributed by atoms with van der Waals surface area (Å²) in [6.07, 6.45) is 3.97. The number of hydrogen-bond acceptors (Lipinski definition) is 2. The van der Waals surface area contributed by atoms with Crippen LogP contribution >= 0.6 is 0 Å². The minimum absolute atomic E-state index is 0.0111. The molecule has 1 radical (unpaired) electrons. The second-order valence-electron chi connectivity index (χ2n) is 3.83. The molecule has 0 aromatic rings.